The Morgan fingerprint density at radius 2 is 1.52 bits per heavy atom. The monoisotopic (exact) mass is 294 g/mol. The van der Waals surface area contributed by atoms with Crippen molar-refractivity contribution in [3.8, 4) is 0 Å². The molecule has 3 aromatic rings. The lowest BCUT2D eigenvalue weighted by Crippen LogP contribution is -2.28. The molecule has 0 saturated heterocycles. The SMILES string of the molecule is c1ccc(N=NNN(c2ccccc2)c2cccs2)cc1. The summed E-state index contributed by atoms with van der Waals surface area (Å²) in [6, 6.07) is 23.7. The van der Waals surface area contributed by atoms with Crippen LogP contribution in [-0.2, 0) is 0 Å². The molecule has 0 aliphatic carbocycles. The molecule has 5 heteroatoms. The van der Waals surface area contributed by atoms with E-state index < -0.39 is 0 Å². The van der Waals surface area contributed by atoms with Crippen LogP contribution in [0, 0.1) is 0 Å². The van der Waals surface area contributed by atoms with Gasteiger partial charge < -0.3 is 0 Å². The van der Waals surface area contributed by atoms with Crippen LogP contribution >= 0.6 is 11.3 Å². The molecule has 3 rings (SSSR count). The smallest absolute Gasteiger partial charge is 0.117 e. The highest BCUT2D eigenvalue weighted by atomic mass is 32.1. The Labute approximate surface area is 127 Å². The van der Waals surface area contributed by atoms with E-state index in [9.17, 15) is 0 Å². The van der Waals surface area contributed by atoms with Crippen LogP contribution in [-0.4, -0.2) is 0 Å². The molecule has 0 radical (unpaired) electrons. The van der Waals surface area contributed by atoms with Crippen molar-refractivity contribution in [2.75, 3.05) is 5.01 Å². The van der Waals surface area contributed by atoms with Crippen LogP contribution in [0.15, 0.2) is 88.5 Å². The molecular formula is C16H14N4S. The molecular weight excluding hydrogens is 280 g/mol. The van der Waals surface area contributed by atoms with E-state index in [2.05, 4.69) is 15.9 Å². The summed E-state index contributed by atoms with van der Waals surface area (Å²) < 4.78 is 0. The van der Waals surface area contributed by atoms with Gasteiger partial charge in [0.15, 0.2) is 0 Å². The molecule has 21 heavy (non-hydrogen) atoms. The number of benzene rings is 2. The minimum atomic E-state index is 0.809. The van der Waals surface area contributed by atoms with Crippen LogP contribution in [0.1, 0.15) is 0 Å². The summed E-state index contributed by atoms with van der Waals surface area (Å²) in [5, 5.41) is 13.2. The third-order valence-corrected chi connectivity index (χ3v) is 3.66. The van der Waals surface area contributed by atoms with Crippen LogP contribution in [0.25, 0.3) is 0 Å². The van der Waals surface area contributed by atoms with Crippen LogP contribution < -0.4 is 10.5 Å². The topological polar surface area (TPSA) is 40.0 Å². The molecule has 0 unspecified atom stereocenters. The second kappa shape index (κ2) is 6.67. The summed E-state index contributed by atoms with van der Waals surface area (Å²) in [4.78, 5) is 0. The second-order valence-corrected chi connectivity index (χ2v) is 5.18. The van der Waals surface area contributed by atoms with Crippen molar-refractivity contribution in [1.82, 2.24) is 5.53 Å². The number of hydrogen-bond acceptors (Lipinski definition) is 4. The fourth-order valence-electron chi connectivity index (χ4n) is 1.83. The number of anilines is 2. The summed E-state index contributed by atoms with van der Waals surface area (Å²) in [6.07, 6.45) is 0. The predicted octanol–water partition coefficient (Wildman–Crippen LogP) is 5.09. The largest absolute Gasteiger partial charge is 0.229 e. The number of nitrogens with one attached hydrogen (secondary N) is 1. The molecule has 1 aromatic heterocycles. The van der Waals surface area contributed by atoms with Crippen molar-refractivity contribution in [2.24, 2.45) is 10.3 Å². The third kappa shape index (κ3) is 3.46. The quantitative estimate of drug-likeness (QED) is 0.526. The molecule has 0 atom stereocenters. The Bertz CT molecular complexity index is 681. The zero-order valence-electron chi connectivity index (χ0n) is 11.3. The summed E-state index contributed by atoms with van der Waals surface area (Å²) in [5.74, 6) is 0. The first kappa shape index (κ1) is 13.3. The molecule has 0 bridgehead atoms. The lowest BCUT2D eigenvalue weighted by Gasteiger charge is -2.20. The van der Waals surface area contributed by atoms with Gasteiger partial charge in [-0.25, -0.2) is 5.01 Å². The maximum absolute atomic E-state index is 4.16. The molecule has 0 aliphatic heterocycles. The van der Waals surface area contributed by atoms with Crippen LogP contribution in [0.5, 0.6) is 0 Å². The number of para-hydroxylation sites is 1. The van der Waals surface area contributed by atoms with Gasteiger partial charge in [0, 0.05) is 0 Å². The first-order valence-corrected chi connectivity index (χ1v) is 7.41. The van der Waals surface area contributed by atoms with Gasteiger partial charge >= 0.3 is 0 Å². The van der Waals surface area contributed by atoms with Crippen molar-refractivity contribution < 1.29 is 0 Å². The first-order valence-electron chi connectivity index (χ1n) is 6.53. The van der Waals surface area contributed by atoms with Crippen LogP contribution in [0.4, 0.5) is 16.4 Å². The lowest BCUT2D eigenvalue weighted by molar-refractivity contribution is 0.717. The van der Waals surface area contributed by atoms with Gasteiger partial charge in [-0.05, 0) is 41.8 Å². The Kier molecular flexibility index (Phi) is 4.24. The number of nitrogens with zero attached hydrogens (tertiary/aromatic N) is 3. The second-order valence-electron chi connectivity index (χ2n) is 4.26. The lowest BCUT2D eigenvalue weighted by atomic mass is 10.3. The zero-order chi connectivity index (χ0) is 14.3. The van der Waals surface area contributed by atoms with Crippen LogP contribution in [0.3, 0.4) is 0 Å². The number of rotatable bonds is 5. The van der Waals surface area contributed by atoms with Gasteiger partial charge in [-0.3, -0.25) is 0 Å². The Morgan fingerprint density at radius 1 is 0.810 bits per heavy atom. The van der Waals surface area contributed by atoms with E-state index in [4.69, 9.17) is 0 Å². The molecule has 2 aromatic carbocycles. The average molecular weight is 294 g/mol. The molecule has 0 saturated carbocycles. The van der Waals surface area contributed by atoms with Gasteiger partial charge in [0.2, 0.25) is 0 Å². The normalized spacial score (nSPS) is 10.7. The van der Waals surface area contributed by atoms with Crippen LogP contribution in [0.2, 0.25) is 0 Å². The predicted molar refractivity (Wildman–Crippen MR) is 87.0 cm³/mol. The first-order chi connectivity index (χ1) is 10.4. The van der Waals surface area contributed by atoms with Gasteiger partial charge in [-0.1, -0.05) is 41.6 Å². The van der Waals surface area contributed by atoms with Gasteiger partial charge in [0.05, 0.1) is 11.4 Å². The Morgan fingerprint density at radius 3 is 2.19 bits per heavy atom. The van der Waals surface area contributed by atoms with Gasteiger partial charge in [-0.15, -0.1) is 16.5 Å². The molecule has 1 heterocycles. The van der Waals surface area contributed by atoms with Gasteiger partial charge in [0.1, 0.15) is 5.00 Å². The molecule has 0 aliphatic rings. The zero-order valence-corrected chi connectivity index (χ0v) is 12.1. The fraction of sp³-hybridized carbons (Fsp3) is 0. The van der Waals surface area contributed by atoms with Crippen molar-refractivity contribution in [2.45, 2.75) is 0 Å². The van der Waals surface area contributed by atoms with E-state index in [1.165, 1.54) is 0 Å². The highest BCUT2D eigenvalue weighted by molar-refractivity contribution is 7.14. The van der Waals surface area contributed by atoms with Crippen molar-refractivity contribution in [3.05, 3.63) is 78.2 Å². The number of hydrogen-bond donors (Lipinski definition) is 1. The standard InChI is InChI=1S/C16H14N4S/c1-3-8-14(9-4-1)17-18-19-20(16-12-7-13-21-16)15-10-5-2-6-11-15/h1-13H,(H,17,19). The summed E-state index contributed by atoms with van der Waals surface area (Å²) >= 11 is 1.63. The highest BCUT2D eigenvalue weighted by Gasteiger charge is 2.08. The highest BCUT2D eigenvalue weighted by Crippen LogP contribution is 2.27. The van der Waals surface area contributed by atoms with E-state index in [1.807, 2.05) is 83.2 Å². The fourth-order valence-corrected chi connectivity index (χ4v) is 2.53. The molecule has 0 amide bonds. The summed E-state index contributed by atoms with van der Waals surface area (Å²) in [6.45, 7) is 0. The van der Waals surface area contributed by atoms with Gasteiger partial charge in [0.25, 0.3) is 0 Å². The number of thiophene rings is 1. The molecule has 4 nitrogen and oxygen atoms in total. The third-order valence-electron chi connectivity index (χ3n) is 2.81. The average Bonchev–Trinajstić information content (AvgIpc) is 3.07. The maximum atomic E-state index is 4.16. The minimum absolute atomic E-state index is 0.809. The molecule has 0 fully saturated rings. The maximum Gasteiger partial charge on any atom is 0.117 e. The number of hydrazine groups is 1. The Hall–Kier alpha value is -2.66. The van der Waals surface area contributed by atoms with E-state index in [0.717, 1.165) is 16.4 Å². The Balaban J connectivity index is 1.79. The van der Waals surface area contributed by atoms with E-state index >= 15 is 0 Å². The van der Waals surface area contributed by atoms with E-state index in [1.54, 1.807) is 11.3 Å². The molecule has 0 spiro atoms. The summed E-state index contributed by atoms with van der Waals surface area (Å²) in [5.41, 5.74) is 4.80. The van der Waals surface area contributed by atoms with E-state index in [-0.39, 0.29) is 0 Å². The molecule has 1 N–H and O–H groups in total. The van der Waals surface area contributed by atoms with Crippen molar-refractivity contribution >= 4 is 27.7 Å². The van der Waals surface area contributed by atoms with E-state index in [0.29, 0.717) is 0 Å². The molecule has 104 valence electrons. The van der Waals surface area contributed by atoms with Crippen molar-refractivity contribution in [3.63, 3.8) is 0 Å². The minimum Gasteiger partial charge on any atom is -0.229 e. The van der Waals surface area contributed by atoms with Crippen molar-refractivity contribution in [1.29, 1.82) is 0 Å². The summed E-state index contributed by atoms with van der Waals surface area (Å²) in [7, 11) is 0. The van der Waals surface area contributed by atoms with Gasteiger partial charge in [-0.2, -0.15) is 5.53 Å².